The zero-order chi connectivity index (χ0) is 21.4. The predicted molar refractivity (Wildman–Crippen MR) is 114 cm³/mol. The van der Waals surface area contributed by atoms with Gasteiger partial charge in [-0.2, -0.15) is 0 Å². The molecule has 0 radical (unpaired) electrons. The van der Waals surface area contributed by atoms with Crippen LogP contribution in [0.15, 0.2) is 71.7 Å². The number of rotatable bonds is 1. The van der Waals surface area contributed by atoms with Crippen molar-refractivity contribution in [1.82, 2.24) is 9.80 Å². The number of Topliss-reactive ketones (excluding diaryl/α,β-unsaturated/α-hetero) is 1. The lowest BCUT2D eigenvalue weighted by atomic mass is 9.74. The smallest absolute Gasteiger partial charge is 0.257 e. The van der Waals surface area contributed by atoms with E-state index in [0.717, 1.165) is 22.4 Å². The number of hydrogen-bond donors (Lipinski definition) is 0. The van der Waals surface area contributed by atoms with Gasteiger partial charge in [-0.15, -0.1) is 0 Å². The van der Waals surface area contributed by atoms with Gasteiger partial charge in [0, 0.05) is 54.4 Å². The third-order valence-electron chi connectivity index (χ3n) is 6.75. The van der Waals surface area contributed by atoms with Crippen LogP contribution in [0, 0.1) is 0 Å². The number of amides is 1. The van der Waals surface area contributed by atoms with Crippen molar-refractivity contribution in [1.29, 1.82) is 0 Å². The van der Waals surface area contributed by atoms with E-state index in [9.17, 15) is 9.59 Å². The minimum absolute atomic E-state index is 0.0267. The Morgan fingerprint density at radius 1 is 0.935 bits per heavy atom. The number of fused-ring (bicyclic) bond motifs is 3. The molecule has 1 atom stereocenters. The largest absolute Gasteiger partial charge is 0.454 e. The van der Waals surface area contributed by atoms with Gasteiger partial charge < -0.3 is 14.4 Å². The van der Waals surface area contributed by atoms with Gasteiger partial charge in [0.05, 0.1) is 0 Å². The molecule has 0 aromatic heterocycles. The first-order valence-corrected chi connectivity index (χ1v) is 10.2. The molecule has 2 heterocycles. The van der Waals surface area contributed by atoms with E-state index in [1.807, 2.05) is 54.4 Å². The molecule has 31 heavy (non-hydrogen) atoms. The molecule has 1 unspecified atom stereocenters. The summed E-state index contributed by atoms with van der Waals surface area (Å²) in [5.74, 6) is 1.13. The monoisotopic (exact) mass is 412 g/mol. The van der Waals surface area contributed by atoms with Gasteiger partial charge in [-0.05, 0) is 17.2 Å². The maximum Gasteiger partial charge on any atom is 0.257 e. The predicted octanol–water partition coefficient (Wildman–Crippen LogP) is 3.68. The van der Waals surface area contributed by atoms with Gasteiger partial charge in [-0.3, -0.25) is 14.5 Å². The zero-order valence-electron chi connectivity index (χ0n) is 17.3. The second-order valence-corrected chi connectivity index (χ2v) is 8.16. The van der Waals surface area contributed by atoms with Crippen LogP contribution >= 0.6 is 0 Å². The lowest BCUT2D eigenvalue weighted by Gasteiger charge is -2.42. The number of likely N-dealkylation sites (N-methyl/N-ethyl adjacent to an activating group) is 1. The van der Waals surface area contributed by atoms with Crippen molar-refractivity contribution in [3.8, 4) is 11.5 Å². The summed E-state index contributed by atoms with van der Waals surface area (Å²) in [5.41, 5.74) is 5.50. The number of hydrogen-bond acceptors (Lipinski definition) is 5. The molecule has 2 aliphatic heterocycles. The quantitative estimate of drug-likeness (QED) is 0.715. The summed E-state index contributed by atoms with van der Waals surface area (Å²) in [6, 6.07) is 13.3. The minimum Gasteiger partial charge on any atom is -0.454 e. The molecule has 6 rings (SSSR count). The molecule has 6 heteroatoms. The van der Waals surface area contributed by atoms with Gasteiger partial charge in [-0.25, -0.2) is 0 Å². The van der Waals surface area contributed by atoms with Crippen LogP contribution in [0.5, 0.6) is 11.5 Å². The fourth-order valence-electron chi connectivity index (χ4n) is 5.16. The minimum atomic E-state index is -0.541. The van der Waals surface area contributed by atoms with Gasteiger partial charge in [0.15, 0.2) is 17.3 Å². The Balaban J connectivity index is 1.66. The molecule has 0 bridgehead atoms. The van der Waals surface area contributed by atoms with Crippen LogP contribution in [0.3, 0.4) is 0 Å². The van der Waals surface area contributed by atoms with Gasteiger partial charge in [0.25, 0.3) is 5.91 Å². The van der Waals surface area contributed by atoms with Crippen LogP contribution in [0.1, 0.15) is 33.8 Å². The average Bonchev–Trinajstić information content (AvgIpc) is 3.38. The summed E-state index contributed by atoms with van der Waals surface area (Å²) < 4.78 is 11.4. The van der Waals surface area contributed by atoms with E-state index >= 15 is 0 Å². The third kappa shape index (κ3) is 2.22. The number of carbonyl (C=O) groups is 2. The Kier molecular flexibility index (Phi) is 3.55. The highest BCUT2D eigenvalue weighted by atomic mass is 16.7. The fourth-order valence-corrected chi connectivity index (χ4v) is 5.16. The van der Waals surface area contributed by atoms with Crippen molar-refractivity contribution in [2.24, 2.45) is 0 Å². The van der Waals surface area contributed by atoms with Crippen molar-refractivity contribution in [2.45, 2.75) is 12.3 Å². The zero-order valence-corrected chi connectivity index (χ0v) is 17.3. The van der Waals surface area contributed by atoms with E-state index in [1.54, 1.807) is 11.9 Å². The van der Waals surface area contributed by atoms with Crippen LogP contribution < -0.4 is 9.47 Å². The molecule has 2 aromatic carbocycles. The molecule has 2 aromatic rings. The number of ether oxygens (including phenoxy) is 2. The summed E-state index contributed by atoms with van der Waals surface area (Å²) in [5, 5.41) is 0. The summed E-state index contributed by atoms with van der Waals surface area (Å²) in [4.78, 5) is 30.7. The summed E-state index contributed by atoms with van der Waals surface area (Å²) in [7, 11) is 3.63. The number of para-hydroxylation sites is 1. The molecule has 6 nitrogen and oxygen atoms in total. The summed E-state index contributed by atoms with van der Waals surface area (Å²) in [6.45, 7) is 4.21. The first kappa shape index (κ1) is 18.0. The number of ketones is 1. The maximum absolute atomic E-state index is 13.6. The van der Waals surface area contributed by atoms with Crippen LogP contribution in [0.4, 0.5) is 0 Å². The SMILES string of the molecule is C=C1N(C)C(=O)C2=C(CC3=C(C(=O)c4ccccc43)C2c2cccc3c2OCO3)N1C. The molecule has 0 N–H and O–H groups in total. The van der Waals surface area contributed by atoms with Gasteiger partial charge >= 0.3 is 0 Å². The average molecular weight is 412 g/mol. The highest BCUT2D eigenvalue weighted by Gasteiger charge is 2.47. The molecule has 0 fully saturated rings. The fraction of sp³-hybridized carbons (Fsp3) is 0.200. The highest BCUT2D eigenvalue weighted by molar-refractivity contribution is 6.24. The Labute approximate surface area is 179 Å². The lowest BCUT2D eigenvalue weighted by molar-refractivity contribution is -0.126. The van der Waals surface area contributed by atoms with Gasteiger partial charge in [-0.1, -0.05) is 43.0 Å². The van der Waals surface area contributed by atoms with E-state index in [-0.39, 0.29) is 18.5 Å². The Bertz CT molecular complexity index is 1290. The molecule has 2 aliphatic carbocycles. The van der Waals surface area contributed by atoms with Crippen molar-refractivity contribution >= 4 is 17.3 Å². The first-order valence-electron chi connectivity index (χ1n) is 10.2. The van der Waals surface area contributed by atoms with E-state index in [4.69, 9.17) is 9.47 Å². The second-order valence-electron chi connectivity index (χ2n) is 8.16. The maximum atomic E-state index is 13.6. The molecule has 154 valence electrons. The van der Waals surface area contributed by atoms with Gasteiger partial charge in [0.2, 0.25) is 6.79 Å². The number of allylic oxidation sites excluding steroid dienone is 2. The molecular weight excluding hydrogens is 392 g/mol. The van der Waals surface area contributed by atoms with Crippen molar-refractivity contribution < 1.29 is 19.1 Å². The van der Waals surface area contributed by atoms with Crippen molar-refractivity contribution in [2.75, 3.05) is 20.9 Å². The standard InChI is InChI=1S/C25H20N2O4/c1-13-26(2)18-11-17-14-7-4-5-8-15(14)23(28)21(17)20(22(18)25(29)27(13)3)16-9-6-10-19-24(16)31-12-30-19/h4-10,20H,1,11-12H2,2-3H3. The summed E-state index contributed by atoms with van der Waals surface area (Å²) >= 11 is 0. The lowest BCUT2D eigenvalue weighted by Crippen LogP contribution is -2.44. The molecule has 4 aliphatic rings. The van der Waals surface area contributed by atoms with Crippen LogP contribution in [0.25, 0.3) is 5.57 Å². The Hall–Kier alpha value is -3.80. The Morgan fingerprint density at radius 3 is 2.52 bits per heavy atom. The molecule has 1 amide bonds. The number of carbonyl (C=O) groups excluding carboxylic acids is 2. The van der Waals surface area contributed by atoms with Crippen LogP contribution in [0.2, 0.25) is 0 Å². The van der Waals surface area contributed by atoms with Crippen molar-refractivity contribution in [3.63, 3.8) is 0 Å². The highest BCUT2D eigenvalue weighted by Crippen LogP contribution is 2.55. The van der Waals surface area contributed by atoms with Crippen LogP contribution in [-0.2, 0) is 4.79 Å². The van der Waals surface area contributed by atoms with E-state index < -0.39 is 5.92 Å². The summed E-state index contributed by atoms with van der Waals surface area (Å²) in [6.07, 6.45) is 0.505. The number of benzene rings is 2. The number of nitrogens with zero attached hydrogens (tertiary/aromatic N) is 2. The molecule has 0 saturated heterocycles. The van der Waals surface area contributed by atoms with Crippen molar-refractivity contribution in [3.05, 3.63) is 88.4 Å². The second kappa shape index (κ2) is 6.11. The Morgan fingerprint density at radius 2 is 1.71 bits per heavy atom. The molecule has 0 saturated carbocycles. The van der Waals surface area contributed by atoms with E-state index in [1.165, 1.54) is 0 Å². The third-order valence-corrected chi connectivity index (χ3v) is 6.75. The topological polar surface area (TPSA) is 59.1 Å². The van der Waals surface area contributed by atoms with Gasteiger partial charge in [0.1, 0.15) is 5.82 Å². The van der Waals surface area contributed by atoms with E-state index in [0.29, 0.717) is 40.5 Å². The van der Waals surface area contributed by atoms with Crippen LogP contribution in [-0.4, -0.2) is 42.4 Å². The molecular formula is C25H20N2O4. The normalized spacial score (nSPS) is 21.6. The first-order chi connectivity index (χ1) is 15.0. The molecule has 0 spiro atoms. The van der Waals surface area contributed by atoms with E-state index in [2.05, 4.69) is 6.58 Å².